The van der Waals surface area contributed by atoms with Crippen LogP contribution >= 0.6 is 11.6 Å². The highest BCUT2D eigenvalue weighted by Crippen LogP contribution is 2.35. The van der Waals surface area contributed by atoms with Gasteiger partial charge in [0, 0.05) is 16.0 Å². The van der Waals surface area contributed by atoms with Crippen molar-refractivity contribution >= 4 is 34.1 Å². The summed E-state index contributed by atoms with van der Waals surface area (Å²) >= 11 is 5.76. The number of hydrogen-bond acceptors (Lipinski definition) is 3. The summed E-state index contributed by atoms with van der Waals surface area (Å²) in [4.78, 5) is 14.7. The van der Waals surface area contributed by atoms with Gasteiger partial charge in [-0.05, 0) is 30.3 Å². The molecule has 0 radical (unpaired) electrons. The summed E-state index contributed by atoms with van der Waals surface area (Å²) in [6.07, 6.45) is 0. The third kappa shape index (κ3) is 2.64. The van der Waals surface area contributed by atoms with Crippen LogP contribution in [0.25, 0.3) is 10.9 Å². The number of carbonyl (C=O) groups is 1. The van der Waals surface area contributed by atoms with E-state index in [0.717, 1.165) is 5.52 Å². The molecule has 104 valence electrons. The van der Waals surface area contributed by atoms with Gasteiger partial charge >= 0.3 is 0 Å². The first kappa shape index (κ1) is 13.3. The predicted molar refractivity (Wildman–Crippen MR) is 80.3 cm³/mol. The molecule has 2 aromatic carbocycles. The van der Waals surface area contributed by atoms with E-state index >= 15 is 0 Å². The molecular weight excluding hydrogens is 290 g/mol. The molecule has 0 fully saturated rings. The minimum Gasteiger partial charge on any atom is -0.493 e. The molecule has 1 aromatic heterocycles. The Labute approximate surface area is 124 Å². The minimum absolute atomic E-state index is 0.121. The van der Waals surface area contributed by atoms with E-state index in [0.29, 0.717) is 16.0 Å². The Morgan fingerprint density at radius 1 is 1.10 bits per heavy atom. The molecule has 0 aliphatic rings. The van der Waals surface area contributed by atoms with Crippen molar-refractivity contribution < 1.29 is 9.90 Å². The number of aromatic hydroxyl groups is 1. The van der Waals surface area contributed by atoms with Gasteiger partial charge in [-0.25, -0.2) is 0 Å². The number of fused-ring (bicyclic) bond motifs is 1. The first-order valence-electron chi connectivity index (χ1n) is 6.16. The van der Waals surface area contributed by atoms with E-state index in [1.807, 2.05) is 12.1 Å². The van der Waals surface area contributed by atoms with Crippen molar-refractivity contribution in [3.8, 4) is 5.88 Å². The third-order valence-corrected chi connectivity index (χ3v) is 3.24. The summed E-state index contributed by atoms with van der Waals surface area (Å²) in [5.74, 6) is -0.625. The number of aromatic amines is 1. The number of carbonyl (C=O) groups excluding carboxylic acids is 1. The van der Waals surface area contributed by atoms with Crippen LogP contribution in [0.1, 0.15) is 10.4 Å². The molecule has 6 heteroatoms. The van der Waals surface area contributed by atoms with Crippen LogP contribution in [-0.2, 0) is 0 Å². The highest BCUT2D eigenvalue weighted by atomic mass is 35.5. The summed E-state index contributed by atoms with van der Waals surface area (Å²) in [7, 11) is 0. The number of halogens is 1. The lowest BCUT2D eigenvalue weighted by Crippen LogP contribution is -1.92. The second-order valence-electron chi connectivity index (χ2n) is 4.38. The summed E-state index contributed by atoms with van der Waals surface area (Å²) in [6, 6.07) is 13.6. The van der Waals surface area contributed by atoms with Crippen LogP contribution < -0.4 is 0 Å². The maximum absolute atomic E-state index is 11.9. The first-order chi connectivity index (χ1) is 10.1. The van der Waals surface area contributed by atoms with Gasteiger partial charge in [0.15, 0.2) is 5.69 Å². The lowest BCUT2D eigenvalue weighted by atomic mass is 10.2. The van der Waals surface area contributed by atoms with Gasteiger partial charge < -0.3 is 10.1 Å². The van der Waals surface area contributed by atoms with Crippen molar-refractivity contribution in [3.63, 3.8) is 0 Å². The average Bonchev–Trinajstić information content (AvgIpc) is 2.81. The molecule has 0 aliphatic carbocycles. The van der Waals surface area contributed by atoms with Gasteiger partial charge in [0.2, 0.25) is 5.88 Å². The molecule has 1 heterocycles. The zero-order valence-corrected chi connectivity index (χ0v) is 11.5. The molecule has 0 bridgehead atoms. The van der Waals surface area contributed by atoms with Crippen LogP contribution in [0, 0.1) is 0 Å². The molecule has 0 saturated carbocycles. The zero-order valence-electron chi connectivity index (χ0n) is 10.7. The highest BCUT2D eigenvalue weighted by Gasteiger charge is 2.10. The normalized spacial score (nSPS) is 11.3. The fourth-order valence-corrected chi connectivity index (χ4v) is 2.09. The fraction of sp³-hybridized carbons (Fsp3) is 0. The van der Waals surface area contributed by atoms with Gasteiger partial charge in [0.25, 0.3) is 5.91 Å². The van der Waals surface area contributed by atoms with Crippen molar-refractivity contribution in [2.75, 3.05) is 0 Å². The second-order valence-corrected chi connectivity index (χ2v) is 4.82. The van der Waals surface area contributed by atoms with Gasteiger partial charge in [-0.3, -0.25) is 4.79 Å². The van der Waals surface area contributed by atoms with Gasteiger partial charge in [-0.1, -0.05) is 29.8 Å². The van der Waals surface area contributed by atoms with Gasteiger partial charge in [-0.15, -0.1) is 10.2 Å². The molecule has 3 aromatic rings. The van der Waals surface area contributed by atoms with Crippen LogP contribution in [-0.4, -0.2) is 16.0 Å². The Morgan fingerprint density at radius 3 is 2.57 bits per heavy atom. The molecule has 0 spiro atoms. The maximum Gasteiger partial charge on any atom is 0.295 e. The maximum atomic E-state index is 11.9. The highest BCUT2D eigenvalue weighted by molar-refractivity contribution is 6.30. The molecule has 1 amide bonds. The first-order valence-corrected chi connectivity index (χ1v) is 6.54. The van der Waals surface area contributed by atoms with Crippen LogP contribution in [0.3, 0.4) is 0 Å². The van der Waals surface area contributed by atoms with E-state index in [1.54, 1.807) is 36.4 Å². The summed E-state index contributed by atoms with van der Waals surface area (Å²) < 4.78 is 0. The average molecular weight is 300 g/mol. The summed E-state index contributed by atoms with van der Waals surface area (Å²) in [5, 5.41) is 18.5. The largest absolute Gasteiger partial charge is 0.493 e. The van der Waals surface area contributed by atoms with E-state index in [-0.39, 0.29) is 11.6 Å². The summed E-state index contributed by atoms with van der Waals surface area (Å²) in [6.45, 7) is 0. The second kappa shape index (κ2) is 5.38. The van der Waals surface area contributed by atoms with E-state index in [4.69, 9.17) is 11.6 Å². The number of aromatic nitrogens is 1. The standard InChI is InChI=1S/C15H10ClN3O2/c16-10-7-5-9(6-8-10)14(20)19-18-13-11-3-1-2-4-12(11)17-15(13)21/h1-8,17,21H. The number of amides is 1. The number of para-hydroxylation sites is 1. The number of benzene rings is 2. The molecular formula is C15H10ClN3O2. The van der Waals surface area contributed by atoms with E-state index < -0.39 is 5.91 Å². The number of hydrogen-bond donors (Lipinski definition) is 2. The third-order valence-electron chi connectivity index (χ3n) is 2.99. The van der Waals surface area contributed by atoms with Crippen molar-refractivity contribution in [1.29, 1.82) is 0 Å². The van der Waals surface area contributed by atoms with Crippen molar-refractivity contribution in [2.24, 2.45) is 10.2 Å². The van der Waals surface area contributed by atoms with E-state index in [9.17, 15) is 9.90 Å². The SMILES string of the molecule is O=C(N=Nc1c(O)[nH]c2ccccc12)c1ccc(Cl)cc1. The van der Waals surface area contributed by atoms with Crippen LogP contribution in [0.2, 0.25) is 5.02 Å². The van der Waals surface area contributed by atoms with Gasteiger partial charge in [-0.2, -0.15) is 0 Å². The monoisotopic (exact) mass is 299 g/mol. The lowest BCUT2D eigenvalue weighted by molar-refractivity contribution is 0.0995. The molecule has 3 rings (SSSR count). The van der Waals surface area contributed by atoms with E-state index in [2.05, 4.69) is 15.2 Å². The molecule has 21 heavy (non-hydrogen) atoms. The molecule has 0 saturated heterocycles. The lowest BCUT2D eigenvalue weighted by Gasteiger charge is -1.95. The van der Waals surface area contributed by atoms with Gasteiger partial charge in [0.1, 0.15) is 0 Å². The molecule has 0 unspecified atom stereocenters. The number of nitrogens with zero attached hydrogens (tertiary/aromatic N) is 2. The Hall–Kier alpha value is -2.66. The topological polar surface area (TPSA) is 77.8 Å². The van der Waals surface area contributed by atoms with Crippen LogP contribution in [0.4, 0.5) is 5.69 Å². The molecule has 2 N–H and O–H groups in total. The van der Waals surface area contributed by atoms with Gasteiger partial charge in [0.05, 0.1) is 5.52 Å². The van der Waals surface area contributed by atoms with E-state index in [1.165, 1.54) is 0 Å². The number of H-pyrrole nitrogens is 1. The quantitative estimate of drug-likeness (QED) is 0.686. The number of nitrogens with one attached hydrogen (secondary N) is 1. The minimum atomic E-state index is -0.503. The Kier molecular flexibility index (Phi) is 3.41. The molecule has 0 atom stereocenters. The summed E-state index contributed by atoms with van der Waals surface area (Å²) in [5.41, 5.74) is 1.35. The predicted octanol–water partition coefficient (Wildman–Crippen LogP) is 4.45. The Morgan fingerprint density at radius 2 is 1.81 bits per heavy atom. The van der Waals surface area contributed by atoms with Crippen molar-refractivity contribution in [2.45, 2.75) is 0 Å². The smallest absolute Gasteiger partial charge is 0.295 e. The van der Waals surface area contributed by atoms with Crippen LogP contribution in [0.5, 0.6) is 5.88 Å². The van der Waals surface area contributed by atoms with Crippen molar-refractivity contribution in [1.82, 2.24) is 4.98 Å². The molecule has 0 aliphatic heterocycles. The Bertz CT molecular complexity index is 838. The number of rotatable bonds is 2. The Balaban J connectivity index is 1.92. The number of azo groups is 1. The fourth-order valence-electron chi connectivity index (χ4n) is 1.96. The molecule has 5 nitrogen and oxygen atoms in total. The zero-order chi connectivity index (χ0) is 14.8. The van der Waals surface area contributed by atoms with Crippen molar-refractivity contribution in [3.05, 3.63) is 59.1 Å². The van der Waals surface area contributed by atoms with Crippen LogP contribution in [0.15, 0.2) is 58.8 Å².